The summed E-state index contributed by atoms with van der Waals surface area (Å²) >= 11 is 0. The normalized spacial score (nSPS) is 11.5. The standard InChI is InChI=1S/C15H28N4O/c1-6-8-19(10-15(4,5)9-16)13-12(3)14(20-7-2)18-11-17-13/h11H,6-10,16H2,1-5H3. The molecule has 2 N–H and O–H groups in total. The Morgan fingerprint density at radius 1 is 1.30 bits per heavy atom. The van der Waals surface area contributed by atoms with Gasteiger partial charge in [-0.1, -0.05) is 20.8 Å². The Balaban J connectivity index is 3.05. The minimum absolute atomic E-state index is 0.0539. The Morgan fingerprint density at radius 2 is 2.00 bits per heavy atom. The van der Waals surface area contributed by atoms with Crippen LogP contribution in [0, 0.1) is 12.3 Å². The molecule has 0 aromatic carbocycles. The molecule has 1 rings (SSSR count). The maximum atomic E-state index is 5.86. The lowest BCUT2D eigenvalue weighted by Crippen LogP contribution is -2.40. The molecule has 0 aliphatic rings. The maximum Gasteiger partial charge on any atom is 0.221 e. The molecule has 0 spiro atoms. The number of aromatic nitrogens is 2. The maximum absolute atomic E-state index is 5.86. The molecule has 1 aromatic heterocycles. The Labute approximate surface area is 122 Å². The van der Waals surface area contributed by atoms with E-state index in [4.69, 9.17) is 10.5 Å². The molecular formula is C15H28N4O. The summed E-state index contributed by atoms with van der Waals surface area (Å²) in [6.07, 6.45) is 2.64. The van der Waals surface area contributed by atoms with E-state index in [1.807, 2.05) is 13.8 Å². The van der Waals surface area contributed by atoms with Gasteiger partial charge in [-0.25, -0.2) is 9.97 Å². The minimum atomic E-state index is 0.0539. The third kappa shape index (κ3) is 4.34. The van der Waals surface area contributed by atoms with Crippen molar-refractivity contribution in [3.63, 3.8) is 0 Å². The van der Waals surface area contributed by atoms with Crippen molar-refractivity contribution in [2.24, 2.45) is 11.1 Å². The van der Waals surface area contributed by atoms with E-state index >= 15 is 0 Å². The second-order valence-electron chi connectivity index (χ2n) is 5.85. The molecule has 0 radical (unpaired) electrons. The van der Waals surface area contributed by atoms with E-state index in [1.54, 1.807) is 6.33 Å². The third-order valence-electron chi connectivity index (χ3n) is 3.26. The number of anilines is 1. The van der Waals surface area contributed by atoms with E-state index in [1.165, 1.54) is 0 Å². The largest absolute Gasteiger partial charge is 0.478 e. The van der Waals surface area contributed by atoms with Crippen LogP contribution in [0.4, 0.5) is 5.82 Å². The predicted molar refractivity (Wildman–Crippen MR) is 83.3 cm³/mol. The van der Waals surface area contributed by atoms with Crippen molar-refractivity contribution >= 4 is 5.82 Å². The van der Waals surface area contributed by atoms with Gasteiger partial charge in [0.05, 0.1) is 12.2 Å². The summed E-state index contributed by atoms with van der Waals surface area (Å²) in [6, 6.07) is 0. The van der Waals surface area contributed by atoms with Crippen molar-refractivity contribution in [1.82, 2.24) is 9.97 Å². The molecule has 0 bridgehead atoms. The number of nitrogens with two attached hydrogens (primary N) is 1. The van der Waals surface area contributed by atoms with Crippen molar-refractivity contribution in [3.8, 4) is 5.88 Å². The topological polar surface area (TPSA) is 64.3 Å². The van der Waals surface area contributed by atoms with Crippen LogP contribution in [0.5, 0.6) is 5.88 Å². The number of hydrogen-bond donors (Lipinski definition) is 1. The van der Waals surface area contributed by atoms with Crippen LogP contribution in [-0.4, -0.2) is 36.2 Å². The molecule has 0 atom stereocenters. The molecule has 114 valence electrons. The number of nitrogens with zero attached hydrogens (tertiary/aromatic N) is 3. The fourth-order valence-electron chi connectivity index (χ4n) is 2.14. The molecule has 0 aliphatic carbocycles. The molecule has 5 heteroatoms. The van der Waals surface area contributed by atoms with Crippen LogP contribution >= 0.6 is 0 Å². The van der Waals surface area contributed by atoms with Crippen molar-refractivity contribution in [2.45, 2.75) is 41.0 Å². The second kappa shape index (κ2) is 7.43. The van der Waals surface area contributed by atoms with Gasteiger partial charge in [0.2, 0.25) is 5.88 Å². The lowest BCUT2D eigenvalue weighted by atomic mass is 9.93. The van der Waals surface area contributed by atoms with Crippen LogP contribution in [0.2, 0.25) is 0 Å². The summed E-state index contributed by atoms with van der Waals surface area (Å²) in [5.74, 6) is 1.62. The Morgan fingerprint density at radius 3 is 2.55 bits per heavy atom. The summed E-state index contributed by atoms with van der Waals surface area (Å²) in [5.41, 5.74) is 6.91. The second-order valence-corrected chi connectivity index (χ2v) is 5.85. The van der Waals surface area contributed by atoms with E-state index in [0.717, 1.165) is 30.9 Å². The molecule has 0 saturated heterocycles. The van der Waals surface area contributed by atoms with Gasteiger partial charge in [0.1, 0.15) is 12.1 Å². The monoisotopic (exact) mass is 280 g/mol. The number of ether oxygens (including phenoxy) is 1. The Hall–Kier alpha value is -1.36. The lowest BCUT2D eigenvalue weighted by molar-refractivity contribution is 0.323. The summed E-state index contributed by atoms with van der Waals surface area (Å²) in [4.78, 5) is 10.9. The summed E-state index contributed by atoms with van der Waals surface area (Å²) in [7, 11) is 0. The number of hydrogen-bond acceptors (Lipinski definition) is 5. The summed E-state index contributed by atoms with van der Waals surface area (Å²) < 4.78 is 5.56. The van der Waals surface area contributed by atoms with Crippen molar-refractivity contribution in [3.05, 3.63) is 11.9 Å². The molecule has 0 saturated carbocycles. The average Bonchev–Trinajstić information content (AvgIpc) is 2.41. The molecule has 0 aliphatic heterocycles. The van der Waals surface area contributed by atoms with E-state index in [2.05, 4.69) is 35.6 Å². The molecule has 1 heterocycles. The Bertz CT molecular complexity index is 420. The van der Waals surface area contributed by atoms with Gasteiger partial charge in [-0.15, -0.1) is 0 Å². The predicted octanol–water partition coefficient (Wildman–Crippen LogP) is 2.39. The van der Waals surface area contributed by atoms with Gasteiger partial charge in [-0.3, -0.25) is 0 Å². The zero-order valence-electron chi connectivity index (χ0n) is 13.4. The van der Waals surface area contributed by atoms with Crippen LogP contribution in [0.25, 0.3) is 0 Å². The van der Waals surface area contributed by atoms with Gasteiger partial charge in [-0.05, 0) is 32.2 Å². The van der Waals surface area contributed by atoms with Gasteiger partial charge in [0.25, 0.3) is 0 Å². The molecule has 0 unspecified atom stereocenters. The quantitative estimate of drug-likeness (QED) is 0.792. The highest BCUT2D eigenvalue weighted by molar-refractivity contribution is 5.50. The van der Waals surface area contributed by atoms with E-state index in [9.17, 15) is 0 Å². The van der Waals surface area contributed by atoms with Crippen molar-refractivity contribution in [1.29, 1.82) is 0 Å². The third-order valence-corrected chi connectivity index (χ3v) is 3.26. The minimum Gasteiger partial charge on any atom is -0.478 e. The first-order chi connectivity index (χ1) is 9.45. The Kier molecular flexibility index (Phi) is 6.20. The van der Waals surface area contributed by atoms with E-state index in [0.29, 0.717) is 19.0 Å². The van der Waals surface area contributed by atoms with Crippen LogP contribution in [0.15, 0.2) is 6.33 Å². The SMILES string of the molecule is CCCN(CC(C)(C)CN)c1ncnc(OCC)c1C. The van der Waals surface area contributed by atoms with Crippen LogP contribution < -0.4 is 15.4 Å². The molecule has 5 nitrogen and oxygen atoms in total. The molecular weight excluding hydrogens is 252 g/mol. The van der Waals surface area contributed by atoms with Gasteiger partial charge in [-0.2, -0.15) is 0 Å². The van der Waals surface area contributed by atoms with E-state index in [-0.39, 0.29) is 5.41 Å². The highest BCUT2D eigenvalue weighted by atomic mass is 16.5. The molecule has 1 aromatic rings. The number of rotatable bonds is 8. The zero-order valence-corrected chi connectivity index (χ0v) is 13.4. The molecule has 20 heavy (non-hydrogen) atoms. The van der Waals surface area contributed by atoms with Gasteiger partial charge in [0.15, 0.2) is 0 Å². The smallest absolute Gasteiger partial charge is 0.221 e. The highest BCUT2D eigenvalue weighted by Crippen LogP contribution is 2.27. The zero-order chi connectivity index (χ0) is 15.2. The first kappa shape index (κ1) is 16.7. The fraction of sp³-hybridized carbons (Fsp3) is 0.733. The van der Waals surface area contributed by atoms with Gasteiger partial charge < -0.3 is 15.4 Å². The molecule has 0 fully saturated rings. The van der Waals surface area contributed by atoms with Crippen LogP contribution in [0.1, 0.15) is 39.7 Å². The van der Waals surface area contributed by atoms with Crippen molar-refractivity contribution < 1.29 is 4.74 Å². The first-order valence-corrected chi connectivity index (χ1v) is 7.34. The van der Waals surface area contributed by atoms with Crippen LogP contribution in [0.3, 0.4) is 0 Å². The summed E-state index contributed by atoms with van der Waals surface area (Å²) in [5, 5.41) is 0. The summed E-state index contributed by atoms with van der Waals surface area (Å²) in [6.45, 7) is 13.6. The molecule has 0 amide bonds. The van der Waals surface area contributed by atoms with Crippen molar-refractivity contribution in [2.75, 3.05) is 31.1 Å². The lowest BCUT2D eigenvalue weighted by Gasteiger charge is -2.33. The van der Waals surface area contributed by atoms with Gasteiger partial charge >= 0.3 is 0 Å². The van der Waals surface area contributed by atoms with Crippen LogP contribution in [-0.2, 0) is 0 Å². The average molecular weight is 280 g/mol. The highest BCUT2D eigenvalue weighted by Gasteiger charge is 2.23. The fourth-order valence-corrected chi connectivity index (χ4v) is 2.14. The first-order valence-electron chi connectivity index (χ1n) is 7.34. The van der Waals surface area contributed by atoms with E-state index < -0.39 is 0 Å². The van der Waals surface area contributed by atoms with Gasteiger partial charge in [0, 0.05) is 13.1 Å².